The van der Waals surface area contributed by atoms with Crippen LogP contribution in [0.5, 0.6) is 0 Å². The summed E-state index contributed by atoms with van der Waals surface area (Å²) in [6, 6.07) is 0.444. The molecule has 142 valence electrons. The molecular formula is C22H37NO2. The Kier molecular flexibility index (Phi) is 4.46. The van der Waals surface area contributed by atoms with E-state index in [0.717, 1.165) is 23.7 Å². The summed E-state index contributed by atoms with van der Waals surface area (Å²) >= 11 is 0. The van der Waals surface area contributed by atoms with Crippen LogP contribution in [0, 0.1) is 40.4 Å². The zero-order valence-corrected chi connectivity index (χ0v) is 16.4. The SMILES string of the molecule is COC(=O)CC1CCC2C3CCC4CC(N)CCC4(C)C3CCC12C. The molecule has 0 aliphatic heterocycles. The van der Waals surface area contributed by atoms with Crippen molar-refractivity contribution >= 4 is 5.97 Å². The summed E-state index contributed by atoms with van der Waals surface area (Å²) < 4.78 is 4.99. The van der Waals surface area contributed by atoms with Gasteiger partial charge in [-0.25, -0.2) is 0 Å². The van der Waals surface area contributed by atoms with Crippen LogP contribution in [-0.2, 0) is 9.53 Å². The molecule has 4 aliphatic rings. The number of esters is 1. The Labute approximate surface area is 153 Å². The maximum absolute atomic E-state index is 11.9. The molecule has 0 heterocycles. The molecule has 2 N–H and O–H groups in total. The second-order valence-corrected chi connectivity index (χ2v) is 10.3. The van der Waals surface area contributed by atoms with Crippen molar-refractivity contribution in [1.29, 1.82) is 0 Å². The highest BCUT2D eigenvalue weighted by Crippen LogP contribution is 2.67. The van der Waals surface area contributed by atoms with Crippen LogP contribution in [0.15, 0.2) is 0 Å². The van der Waals surface area contributed by atoms with Crippen molar-refractivity contribution < 1.29 is 9.53 Å². The van der Waals surface area contributed by atoms with Gasteiger partial charge < -0.3 is 10.5 Å². The molecule has 0 amide bonds. The number of hydrogen-bond acceptors (Lipinski definition) is 3. The molecule has 25 heavy (non-hydrogen) atoms. The van der Waals surface area contributed by atoms with E-state index in [1.165, 1.54) is 64.9 Å². The number of ether oxygens (including phenoxy) is 1. The summed E-state index contributed by atoms with van der Waals surface area (Å²) in [5, 5.41) is 0. The van der Waals surface area contributed by atoms with Gasteiger partial charge in [0.1, 0.15) is 0 Å². The average molecular weight is 348 g/mol. The van der Waals surface area contributed by atoms with E-state index in [1.54, 1.807) is 0 Å². The molecule has 0 aromatic heterocycles. The molecule has 0 aromatic rings. The first kappa shape index (κ1) is 17.8. The van der Waals surface area contributed by atoms with Crippen molar-refractivity contribution in [2.75, 3.05) is 7.11 Å². The van der Waals surface area contributed by atoms with Crippen LogP contribution in [0.1, 0.15) is 78.1 Å². The average Bonchev–Trinajstić information content (AvgIpc) is 2.92. The van der Waals surface area contributed by atoms with Crippen molar-refractivity contribution in [1.82, 2.24) is 0 Å². The van der Waals surface area contributed by atoms with Gasteiger partial charge in [0.25, 0.3) is 0 Å². The van der Waals surface area contributed by atoms with Gasteiger partial charge in [-0.2, -0.15) is 0 Å². The largest absolute Gasteiger partial charge is 0.469 e. The Hall–Kier alpha value is -0.570. The van der Waals surface area contributed by atoms with Gasteiger partial charge in [0, 0.05) is 12.5 Å². The third kappa shape index (κ3) is 2.67. The lowest BCUT2D eigenvalue weighted by Crippen LogP contribution is -2.54. The molecule has 4 rings (SSSR count). The normalized spacial score (nSPS) is 52.0. The summed E-state index contributed by atoms with van der Waals surface area (Å²) in [6.45, 7) is 5.10. The molecule has 3 nitrogen and oxygen atoms in total. The molecule has 8 atom stereocenters. The Morgan fingerprint density at radius 2 is 1.72 bits per heavy atom. The zero-order valence-electron chi connectivity index (χ0n) is 16.4. The van der Waals surface area contributed by atoms with Crippen LogP contribution in [0.4, 0.5) is 0 Å². The standard InChI is InChI=1S/C22H37NO2/c1-21-10-8-16(23)12-14(21)4-6-17-18-7-5-15(13-20(24)25-3)22(18,2)11-9-19(17)21/h14-19H,4-13,23H2,1-3H3. The lowest BCUT2D eigenvalue weighted by Gasteiger charge is -2.61. The van der Waals surface area contributed by atoms with Crippen molar-refractivity contribution in [2.45, 2.75) is 84.1 Å². The van der Waals surface area contributed by atoms with Crippen molar-refractivity contribution in [3.63, 3.8) is 0 Å². The van der Waals surface area contributed by atoms with Gasteiger partial charge in [0.15, 0.2) is 0 Å². The maximum Gasteiger partial charge on any atom is 0.305 e. The second-order valence-electron chi connectivity index (χ2n) is 10.3. The molecule has 3 heteroatoms. The van der Waals surface area contributed by atoms with Crippen LogP contribution in [0.25, 0.3) is 0 Å². The van der Waals surface area contributed by atoms with Crippen LogP contribution in [0.3, 0.4) is 0 Å². The fourth-order valence-corrected chi connectivity index (χ4v) is 8.02. The van der Waals surface area contributed by atoms with Crippen molar-refractivity contribution in [2.24, 2.45) is 46.2 Å². The van der Waals surface area contributed by atoms with Gasteiger partial charge >= 0.3 is 5.97 Å². The van der Waals surface area contributed by atoms with E-state index in [9.17, 15) is 4.79 Å². The first-order valence-corrected chi connectivity index (χ1v) is 10.7. The second kappa shape index (κ2) is 6.25. The topological polar surface area (TPSA) is 52.3 Å². The van der Waals surface area contributed by atoms with E-state index >= 15 is 0 Å². The quantitative estimate of drug-likeness (QED) is 0.746. The van der Waals surface area contributed by atoms with E-state index in [-0.39, 0.29) is 5.97 Å². The molecule has 8 unspecified atom stereocenters. The van der Waals surface area contributed by atoms with E-state index in [1.807, 2.05) is 0 Å². The molecule has 0 bridgehead atoms. The Balaban J connectivity index is 1.55. The van der Waals surface area contributed by atoms with Gasteiger partial charge in [-0.3, -0.25) is 4.79 Å². The van der Waals surface area contributed by atoms with E-state index < -0.39 is 0 Å². The summed E-state index contributed by atoms with van der Waals surface area (Å²) in [5.74, 6) is 4.00. The smallest absolute Gasteiger partial charge is 0.305 e. The Morgan fingerprint density at radius 1 is 1.00 bits per heavy atom. The van der Waals surface area contributed by atoms with Gasteiger partial charge in [-0.15, -0.1) is 0 Å². The van der Waals surface area contributed by atoms with E-state index in [0.29, 0.717) is 29.2 Å². The zero-order chi connectivity index (χ0) is 17.8. The molecule has 0 spiro atoms. The highest BCUT2D eigenvalue weighted by atomic mass is 16.5. The molecule has 0 aromatic carbocycles. The molecule has 4 saturated carbocycles. The lowest BCUT2D eigenvalue weighted by atomic mass is 9.44. The molecule has 4 aliphatic carbocycles. The fourth-order valence-electron chi connectivity index (χ4n) is 8.02. The summed E-state index contributed by atoms with van der Waals surface area (Å²) in [5.41, 5.74) is 7.20. The highest BCUT2D eigenvalue weighted by Gasteiger charge is 2.60. The number of hydrogen-bond donors (Lipinski definition) is 1. The summed E-state index contributed by atoms with van der Waals surface area (Å²) in [7, 11) is 1.53. The van der Waals surface area contributed by atoms with E-state index in [4.69, 9.17) is 10.5 Å². The van der Waals surface area contributed by atoms with Crippen LogP contribution < -0.4 is 5.73 Å². The van der Waals surface area contributed by atoms with Crippen LogP contribution >= 0.6 is 0 Å². The minimum Gasteiger partial charge on any atom is -0.469 e. The number of rotatable bonds is 2. The summed E-state index contributed by atoms with van der Waals surface area (Å²) in [4.78, 5) is 11.9. The lowest BCUT2D eigenvalue weighted by molar-refractivity contribution is -0.145. The third-order valence-corrected chi connectivity index (χ3v) is 9.54. The maximum atomic E-state index is 11.9. The van der Waals surface area contributed by atoms with Gasteiger partial charge in [-0.05, 0) is 98.2 Å². The number of nitrogens with two attached hydrogens (primary N) is 1. The number of methoxy groups -OCH3 is 1. The Bertz CT molecular complexity index is 534. The molecule has 0 saturated heterocycles. The molecule has 0 radical (unpaired) electrons. The number of carbonyl (C=O) groups is 1. The monoisotopic (exact) mass is 347 g/mol. The fraction of sp³-hybridized carbons (Fsp3) is 0.955. The number of carbonyl (C=O) groups excluding carboxylic acids is 1. The molecule has 4 fully saturated rings. The first-order chi connectivity index (χ1) is 11.9. The predicted molar refractivity (Wildman–Crippen MR) is 99.8 cm³/mol. The van der Waals surface area contributed by atoms with Crippen molar-refractivity contribution in [3.05, 3.63) is 0 Å². The first-order valence-electron chi connectivity index (χ1n) is 10.7. The van der Waals surface area contributed by atoms with Gasteiger partial charge in [-0.1, -0.05) is 13.8 Å². The van der Waals surface area contributed by atoms with Gasteiger partial charge in [0.05, 0.1) is 7.11 Å². The number of fused-ring (bicyclic) bond motifs is 5. The third-order valence-electron chi connectivity index (χ3n) is 9.54. The van der Waals surface area contributed by atoms with Gasteiger partial charge in [0.2, 0.25) is 0 Å². The highest BCUT2D eigenvalue weighted by molar-refractivity contribution is 5.69. The molecular weight excluding hydrogens is 310 g/mol. The minimum absolute atomic E-state index is 0.00839. The Morgan fingerprint density at radius 3 is 2.48 bits per heavy atom. The van der Waals surface area contributed by atoms with E-state index in [2.05, 4.69) is 13.8 Å². The van der Waals surface area contributed by atoms with Crippen LogP contribution in [0.2, 0.25) is 0 Å². The summed E-state index contributed by atoms with van der Waals surface area (Å²) in [6.07, 6.45) is 12.5. The van der Waals surface area contributed by atoms with Crippen LogP contribution in [-0.4, -0.2) is 19.1 Å². The minimum atomic E-state index is -0.00839. The van der Waals surface area contributed by atoms with Crippen molar-refractivity contribution in [3.8, 4) is 0 Å². The predicted octanol–water partition coefficient (Wildman–Crippen LogP) is 4.54.